The van der Waals surface area contributed by atoms with Gasteiger partial charge in [-0.2, -0.15) is 0 Å². The third-order valence-electron chi connectivity index (χ3n) is 2.58. The number of ether oxygens (including phenoxy) is 1. The van der Waals surface area contributed by atoms with E-state index in [0.29, 0.717) is 10.8 Å². The number of carbonyl (C=O) groups excluding carboxylic acids is 1. The molecule has 0 aliphatic carbocycles. The Bertz CT molecular complexity index is 620. The maximum atomic E-state index is 12.3. The third-order valence-corrected chi connectivity index (χ3v) is 3.45. The van der Waals surface area contributed by atoms with E-state index < -0.39 is 16.0 Å². The summed E-state index contributed by atoms with van der Waals surface area (Å²) in [4.78, 5) is 19.3. The minimum atomic E-state index is -0.659. The number of aromatic amines is 1. The highest BCUT2D eigenvalue weighted by molar-refractivity contribution is 14.1. The molecular formula is C14H10ClIN2O2. The Hall–Kier alpha value is -1.52. The van der Waals surface area contributed by atoms with Crippen LogP contribution in [-0.2, 0) is 9.53 Å². The smallest absolute Gasteiger partial charge is 0.323 e. The number of aromatic nitrogens is 2. The number of hydrogen-bond acceptors (Lipinski definition) is 3. The molecule has 0 saturated carbocycles. The van der Waals surface area contributed by atoms with E-state index in [-0.39, 0.29) is 0 Å². The van der Waals surface area contributed by atoms with Crippen LogP contribution in [-0.4, -0.2) is 20.0 Å². The summed E-state index contributed by atoms with van der Waals surface area (Å²) < 4.78 is 4.57. The fraction of sp³-hybridized carbons (Fsp3) is 0.143. The van der Waals surface area contributed by atoms with Gasteiger partial charge in [-0.25, -0.2) is 4.98 Å². The minimum absolute atomic E-state index is 0.459. The first-order valence-corrected chi connectivity index (χ1v) is 7.29. The number of benzene rings is 1. The van der Waals surface area contributed by atoms with Gasteiger partial charge in [0, 0.05) is 17.4 Å². The average Bonchev–Trinajstić information content (AvgIpc) is 2.95. The quantitative estimate of drug-likeness (QED) is 0.371. The van der Waals surface area contributed by atoms with Gasteiger partial charge in [0.15, 0.2) is 0 Å². The fourth-order valence-electron chi connectivity index (χ4n) is 1.70. The lowest BCUT2D eigenvalue weighted by molar-refractivity contribution is -0.143. The molecule has 0 aliphatic heterocycles. The van der Waals surface area contributed by atoms with Crippen molar-refractivity contribution in [1.82, 2.24) is 9.97 Å². The molecule has 20 heavy (non-hydrogen) atoms. The Morgan fingerprint density at radius 2 is 2.15 bits per heavy atom. The van der Waals surface area contributed by atoms with Crippen molar-refractivity contribution in [3.05, 3.63) is 53.1 Å². The predicted molar refractivity (Wildman–Crippen MR) is 84.6 cm³/mol. The Morgan fingerprint density at radius 1 is 1.45 bits per heavy atom. The van der Waals surface area contributed by atoms with E-state index in [1.54, 1.807) is 36.7 Å². The first-order chi connectivity index (χ1) is 9.61. The van der Waals surface area contributed by atoms with Crippen molar-refractivity contribution >= 4 is 40.2 Å². The normalized spacial score (nSPS) is 13.2. The van der Waals surface area contributed by atoms with Crippen LogP contribution in [0.5, 0.6) is 0 Å². The summed E-state index contributed by atoms with van der Waals surface area (Å²) in [7, 11) is 0. The van der Waals surface area contributed by atoms with E-state index >= 15 is 0 Å². The van der Waals surface area contributed by atoms with Crippen molar-refractivity contribution < 1.29 is 9.53 Å². The average molecular weight is 401 g/mol. The van der Waals surface area contributed by atoms with Crippen molar-refractivity contribution in [2.75, 3.05) is 0 Å². The highest BCUT2D eigenvalue weighted by Crippen LogP contribution is 2.25. The number of rotatable bonds is 4. The van der Waals surface area contributed by atoms with Crippen LogP contribution in [0, 0.1) is 12.3 Å². The summed E-state index contributed by atoms with van der Waals surface area (Å²) in [6, 6.07) is 6.94. The molecule has 1 aromatic heterocycles. The maximum Gasteiger partial charge on any atom is 0.323 e. The van der Waals surface area contributed by atoms with Crippen molar-refractivity contribution in [1.29, 1.82) is 0 Å². The van der Waals surface area contributed by atoms with Gasteiger partial charge in [0.2, 0.25) is 4.11 Å². The molecule has 1 heterocycles. The number of hydrogen-bond donors (Lipinski definition) is 1. The number of nitrogens with one attached hydrogen (secondary N) is 1. The Balaban J connectivity index is 2.33. The van der Waals surface area contributed by atoms with Crippen LogP contribution in [0.2, 0.25) is 5.02 Å². The zero-order chi connectivity index (χ0) is 14.5. The molecule has 0 aliphatic rings. The topological polar surface area (TPSA) is 55.0 Å². The molecule has 2 unspecified atom stereocenters. The molecular weight excluding hydrogens is 391 g/mol. The number of carbonyl (C=O) groups is 1. The molecule has 2 atom stereocenters. The van der Waals surface area contributed by atoms with E-state index in [1.165, 1.54) is 0 Å². The molecule has 102 valence electrons. The molecule has 0 saturated heterocycles. The predicted octanol–water partition coefficient (Wildman–Crippen LogP) is 3.13. The molecule has 2 aromatic rings. The van der Waals surface area contributed by atoms with Crippen LogP contribution in [0.1, 0.15) is 17.3 Å². The van der Waals surface area contributed by atoms with Gasteiger partial charge in [-0.15, -0.1) is 6.42 Å². The van der Waals surface area contributed by atoms with Gasteiger partial charge in [0.05, 0.1) is 0 Å². The van der Waals surface area contributed by atoms with Crippen LogP contribution in [0.25, 0.3) is 0 Å². The number of nitrogens with zero attached hydrogens (tertiary/aromatic N) is 1. The highest BCUT2D eigenvalue weighted by Gasteiger charge is 2.28. The summed E-state index contributed by atoms with van der Waals surface area (Å²) in [5.41, 5.74) is 0.731. The van der Waals surface area contributed by atoms with E-state index in [9.17, 15) is 4.79 Å². The Labute approximate surface area is 135 Å². The summed E-state index contributed by atoms with van der Waals surface area (Å²) in [6.45, 7) is 0. The van der Waals surface area contributed by atoms with E-state index in [0.717, 1.165) is 5.56 Å². The van der Waals surface area contributed by atoms with Crippen LogP contribution >= 0.6 is 34.2 Å². The molecule has 0 bridgehead atoms. The van der Waals surface area contributed by atoms with Gasteiger partial charge < -0.3 is 9.72 Å². The molecule has 4 nitrogen and oxygen atoms in total. The Morgan fingerprint density at radius 3 is 2.70 bits per heavy atom. The number of terminal acetylenes is 1. The lowest BCUT2D eigenvalue weighted by Gasteiger charge is -2.15. The van der Waals surface area contributed by atoms with Crippen molar-refractivity contribution in [3.63, 3.8) is 0 Å². The highest BCUT2D eigenvalue weighted by atomic mass is 127. The maximum absolute atomic E-state index is 12.3. The SMILES string of the molecule is C#CC(I)OC(=O)C(c1ccc(Cl)cc1)c1ncc[nH]1. The largest absolute Gasteiger partial charge is 0.438 e. The van der Waals surface area contributed by atoms with Crippen LogP contribution < -0.4 is 0 Å². The van der Waals surface area contributed by atoms with Crippen molar-refractivity contribution in [3.8, 4) is 12.3 Å². The summed E-state index contributed by atoms with van der Waals surface area (Å²) >= 11 is 7.73. The van der Waals surface area contributed by atoms with Gasteiger partial charge in [-0.3, -0.25) is 4.79 Å². The summed E-state index contributed by atoms with van der Waals surface area (Å²) in [5.74, 6) is 1.73. The lowest BCUT2D eigenvalue weighted by atomic mass is 9.98. The number of esters is 1. The van der Waals surface area contributed by atoms with Crippen LogP contribution in [0.3, 0.4) is 0 Å². The lowest BCUT2D eigenvalue weighted by Crippen LogP contribution is -2.21. The summed E-state index contributed by atoms with van der Waals surface area (Å²) in [6.07, 6.45) is 8.45. The standard InChI is InChI=1S/C14H10ClIN2O2/c1-2-11(16)20-14(19)12(13-17-7-8-18-13)9-3-5-10(15)6-4-9/h1,3-8,11-12H,(H,17,18). The Kier molecular flexibility index (Phi) is 5.04. The molecule has 1 aromatic carbocycles. The molecule has 0 spiro atoms. The van der Waals surface area contributed by atoms with Crippen LogP contribution in [0.4, 0.5) is 0 Å². The molecule has 0 fully saturated rings. The van der Waals surface area contributed by atoms with Crippen molar-refractivity contribution in [2.45, 2.75) is 10.0 Å². The van der Waals surface area contributed by atoms with Gasteiger partial charge in [0.1, 0.15) is 11.7 Å². The second kappa shape index (κ2) is 6.77. The second-order valence-corrected chi connectivity index (χ2v) is 5.45. The minimum Gasteiger partial charge on any atom is -0.438 e. The zero-order valence-corrected chi connectivity index (χ0v) is 13.1. The summed E-state index contributed by atoms with van der Waals surface area (Å²) in [5, 5.41) is 0.593. The van der Waals surface area contributed by atoms with E-state index in [1.807, 2.05) is 22.6 Å². The number of halogens is 2. The molecule has 6 heteroatoms. The molecule has 0 radical (unpaired) electrons. The third kappa shape index (κ3) is 3.52. The van der Waals surface area contributed by atoms with Gasteiger partial charge in [-0.1, -0.05) is 29.7 Å². The number of alkyl halides is 1. The van der Waals surface area contributed by atoms with Gasteiger partial charge in [0.25, 0.3) is 0 Å². The van der Waals surface area contributed by atoms with Gasteiger partial charge in [-0.05, 0) is 40.3 Å². The number of imidazole rings is 1. The zero-order valence-electron chi connectivity index (χ0n) is 10.2. The van der Waals surface area contributed by atoms with Crippen LogP contribution in [0.15, 0.2) is 36.7 Å². The molecule has 0 amide bonds. The van der Waals surface area contributed by atoms with Crippen molar-refractivity contribution in [2.24, 2.45) is 0 Å². The first kappa shape index (κ1) is 14.9. The fourth-order valence-corrected chi connectivity index (χ4v) is 2.08. The van der Waals surface area contributed by atoms with E-state index in [4.69, 9.17) is 22.8 Å². The van der Waals surface area contributed by atoms with E-state index in [2.05, 4.69) is 15.9 Å². The van der Waals surface area contributed by atoms with Gasteiger partial charge >= 0.3 is 5.97 Å². The molecule has 2 rings (SSSR count). The second-order valence-electron chi connectivity index (χ2n) is 3.88. The number of H-pyrrole nitrogens is 1. The molecule has 1 N–H and O–H groups in total. The monoisotopic (exact) mass is 400 g/mol. The first-order valence-electron chi connectivity index (χ1n) is 5.67.